The number of hydrogen-bond donors (Lipinski definition) is 0. The van der Waals surface area contributed by atoms with Gasteiger partial charge in [0.05, 0.1) is 0 Å². The minimum absolute atomic E-state index is 0. The third kappa shape index (κ3) is 3.13. The van der Waals surface area contributed by atoms with Crippen molar-refractivity contribution in [1.29, 1.82) is 0 Å². The Bertz CT molecular complexity index is 229. The topological polar surface area (TPSA) is 12.9 Å². The molecule has 1 heterocycles. The summed E-state index contributed by atoms with van der Waals surface area (Å²) in [6.45, 7) is 1.88. The van der Waals surface area contributed by atoms with Gasteiger partial charge in [-0.25, -0.2) is 4.98 Å². The second kappa shape index (κ2) is 5.03. The number of rotatable bonds is 0. The molecule has 0 aromatic carbocycles. The van der Waals surface area contributed by atoms with E-state index in [4.69, 9.17) is 24.2 Å². The Morgan fingerprint density at radius 1 is 1.50 bits per heavy atom. The molecule has 0 aliphatic heterocycles. The molecule has 48 valence electrons. The molecule has 0 spiro atoms. The molecular formula is C6H5ClKNS. The van der Waals surface area contributed by atoms with Gasteiger partial charge in [0.15, 0.2) is 0 Å². The van der Waals surface area contributed by atoms with Gasteiger partial charge in [-0.15, -0.1) is 4.90 Å². The Labute approximate surface area is 113 Å². The first-order valence-electron chi connectivity index (χ1n) is 2.50. The number of hydrogen-bond acceptors (Lipinski definition) is 2. The van der Waals surface area contributed by atoms with Crippen LogP contribution < -0.4 is 51.4 Å². The van der Waals surface area contributed by atoms with E-state index in [1.165, 1.54) is 0 Å². The molecule has 0 saturated heterocycles. The zero-order valence-corrected chi connectivity index (χ0v) is 10.6. The molecule has 0 unspecified atom stereocenters. The smallest absolute Gasteiger partial charge is 0.777 e. The van der Waals surface area contributed by atoms with E-state index < -0.39 is 0 Å². The van der Waals surface area contributed by atoms with Gasteiger partial charge in [-0.1, -0.05) is 17.7 Å². The summed E-state index contributed by atoms with van der Waals surface area (Å²) in [7, 11) is 0. The number of nitrogens with zero attached hydrogens (tertiary/aromatic N) is 1. The van der Waals surface area contributed by atoms with Crippen LogP contribution in [0.3, 0.4) is 0 Å². The first kappa shape index (κ1) is 11.3. The van der Waals surface area contributed by atoms with Crippen LogP contribution in [0.15, 0.2) is 17.0 Å². The van der Waals surface area contributed by atoms with Crippen molar-refractivity contribution >= 4 is 24.2 Å². The molecule has 10 heavy (non-hydrogen) atoms. The van der Waals surface area contributed by atoms with Crippen LogP contribution in [0.2, 0.25) is 5.15 Å². The van der Waals surface area contributed by atoms with Crippen molar-refractivity contribution in [3.63, 3.8) is 0 Å². The van der Waals surface area contributed by atoms with Crippen molar-refractivity contribution in [2.24, 2.45) is 0 Å². The van der Waals surface area contributed by atoms with Gasteiger partial charge in [-0.3, -0.25) is 0 Å². The maximum Gasteiger partial charge on any atom is 1.00 e. The molecule has 0 radical (unpaired) electrons. The summed E-state index contributed by atoms with van der Waals surface area (Å²) in [6, 6.07) is 3.62. The van der Waals surface area contributed by atoms with Crippen LogP contribution in [0.1, 0.15) is 5.69 Å². The van der Waals surface area contributed by atoms with Crippen molar-refractivity contribution in [2.45, 2.75) is 11.8 Å². The standard InChI is InChI=1S/C6H6ClNS.K/c1-4-2-3-5(9)6(7)8-4;/h2-3,9H,1H3;/q;+1/p-1. The van der Waals surface area contributed by atoms with E-state index in [1.807, 2.05) is 13.0 Å². The second-order valence-corrected chi connectivity index (χ2v) is 2.54. The summed E-state index contributed by atoms with van der Waals surface area (Å²) in [4.78, 5) is 4.55. The van der Waals surface area contributed by atoms with Gasteiger partial charge in [0, 0.05) is 5.69 Å². The van der Waals surface area contributed by atoms with E-state index in [0.29, 0.717) is 10.0 Å². The average Bonchev–Trinajstić information content (AvgIpc) is 1.80. The first-order valence-corrected chi connectivity index (χ1v) is 3.29. The van der Waals surface area contributed by atoms with Crippen LogP contribution in [0.4, 0.5) is 0 Å². The van der Waals surface area contributed by atoms with Gasteiger partial charge < -0.3 is 12.6 Å². The fraction of sp³-hybridized carbons (Fsp3) is 0.167. The predicted octanol–water partition coefficient (Wildman–Crippen LogP) is -1.05. The molecule has 1 aromatic rings. The molecular weight excluding hydrogens is 193 g/mol. The summed E-state index contributed by atoms with van der Waals surface area (Å²) in [5.41, 5.74) is 0.897. The molecule has 0 N–H and O–H groups in total. The monoisotopic (exact) mass is 197 g/mol. The minimum Gasteiger partial charge on any atom is -0.777 e. The summed E-state index contributed by atoms with van der Waals surface area (Å²) >= 11 is 10.4. The van der Waals surface area contributed by atoms with Crippen molar-refractivity contribution in [1.82, 2.24) is 4.98 Å². The van der Waals surface area contributed by atoms with Crippen molar-refractivity contribution in [2.75, 3.05) is 0 Å². The van der Waals surface area contributed by atoms with E-state index in [2.05, 4.69) is 4.98 Å². The van der Waals surface area contributed by atoms with Crippen LogP contribution in [0, 0.1) is 6.92 Å². The predicted molar refractivity (Wildman–Crippen MR) is 39.6 cm³/mol. The maximum absolute atomic E-state index is 5.60. The second-order valence-electron chi connectivity index (χ2n) is 1.74. The quantitative estimate of drug-likeness (QED) is 0.299. The van der Waals surface area contributed by atoms with Crippen LogP contribution in [-0.2, 0) is 12.6 Å². The Kier molecular flexibility index (Phi) is 5.69. The number of aromatic nitrogens is 1. The molecule has 0 atom stereocenters. The van der Waals surface area contributed by atoms with E-state index in [9.17, 15) is 0 Å². The number of aryl methyl sites for hydroxylation is 1. The fourth-order valence-electron chi connectivity index (χ4n) is 0.512. The molecule has 0 aliphatic carbocycles. The summed E-state index contributed by atoms with van der Waals surface area (Å²) < 4.78 is 0. The van der Waals surface area contributed by atoms with Crippen LogP contribution in [-0.4, -0.2) is 4.98 Å². The zero-order valence-electron chi connectivity index (χ0n) is 5.89. The van der Waals surface area contributed by atoms with E-state index in [1.54, 1.807) is 6.07 Å². The summed E-state index contributed by atoms with van der Waals surface area (Å²) in [5, 5.41) is 0.421. The molecule has 1 aromatic heterocycles. The van der Waals surface area contributed by atoms with Crippen molar-refractivity contribution in [3.8, 4) is 0 Å². The van der Waals surface area contributed by atoms with E-state index in [-0.39, 0.29) is 51.4 Å². The molecule has 1 nitrogen and oxygen atoms in total. The van der Waals surface area contributed by atoms with Gasteiger partial charge in [0.25, 0.3) is 0 Å². The Hall–Kier alpha value is 1.30. The third-order valence-electron chi connectivity index (χ3n) is 0.954. The van der Waals surface area contributed by atoms with Gasteiger partial charge in [0.1, 0.15) is 5.15 Å². The number of pyridine rings is 1. The van der Waals surface area contributed by atoms with E-state index in [0.717, 1.165) is 5.69 Å². The summed E-state index contributed by atoms with van der Waals surface area (Å²) in [6.07, 6.45) is 0. The maximum atomic E-state index is 5.60. The van der Waals surface area contributed by atoms with Gasteiger partial charge in [-0.2, -0.15) is 0 Å². The van der Waals surface area contributed by atoms with Crippen molar-refractivity contribution in [3.05, 3.63) is 23.0 Å². The fourth-order valence-corrected chi connectivity index (χ4v) is 0.822. The zero-order chi connectivity index (χ0) is 6.85. The Balaban J connectivity index is 0.000000810. The SMILES string of the molecule is Cc1ccc([S-])c(Cl)n1.[K+]. The van der Waals surface area contributed by atoms with Crippen LogP contribution in [0.5, 0.6) is 0 Å². The van der Waals surface area contributed by atoms with Crippen molar-refractivity contribution < 1.29 is 51.4 Å². The average molecular weight is 198 g/mol. The van der Waals surface area contributed by atoms with Crippen LogP contribution in [0.25, 0.3) is 0 Å². The normalized spacial score (nSPS) is 8.60. The van der Waals surface area contributed by atoms with E-state index >= 15 is 0 Å². The molecule has 0 aliphatic rings. The molecule has 1 rings (SSSR count). The summed E-state index contributed by atoms with van der Waals surface area (Å²) in [5.74, 6) is 0. The minimum atomic E-state index is 0. The third-order valence-corrected chi connectivity index (χ3v) is 1.68. The molecule has 0 fully saturated rings. The molecule has 0 saturated carbocycles. The van der Waals surface area contributed by atoms with Gasteiger partial charge in [0.2, 0.25) is 0 Å². The largest absolute Gasteiger partial charge is 1.00 e. The van der Waals surface area contributed by atoms with Crippen LogP contribution >= 0.6 is 11.6 Å². The first-order chi connectivity index (χ1) is 4.20. The Morgan fingerprint density at radius 3 is 2.50 bits per heavy atom. The van der Waals surface area contributed by atoms with Gasteiger partial charge in [-0.05, 0) is 13.0 Å². The molecule has 4 heteroatoms. The molecule has 0 amide bonds. The number of halogens is 1. The molecule has 0 bridgehead atoms. The van der Waals surface area contributed by atoms with Gasteiger partial charge >= 0.3 is 51.4 Å². The Morgan fingerprint density at radius 2 is 2.10 bits per heavy atom.